The predicted octanol–water partition coefficient (Wildman–Crippen LogP) is 3.08. The molecule has 7 heteroatoms. The van der Waals surface area contributed by atoms with Crippen molar-refractivity contribution in [3.05, 3.63) is 60.7 Å². The van der Waals surface area contributed by atoms with Crippen LogP contribution in [0.5, 0.6) is 0 Å². The number of aromatic nitrogens is 4. The van der Waals surface area contributed by atoms with Gasteiger partial charge in [0.25, 0.3) is 0 Å². The molecule has 0 spiro atoms. The summed E-state index contributed by atoms with van der Waals surface area (Å²) in [7, 11) is 0. The molecule has 3 aromatic rings. The zero-order chi connectivity index (χ0) is 19.3. The van der Waals surface area contributed by atoms with Crippen molar-refractivity contribution in [3.8, 4) is 5.82 Å². The lowest BCUT2D eigenvalue weighted by Crippen LogP contribution is -2.41. The Bertz CT molecular complexity index is 922. The molecule has 1 unspecified atom stereocenters. The third kappa shape index (κ3) is 4.03. The van der Waals surface area contributed by atoms with E-state index in [0.29, 0.717) is 6.54 Å². The Morgan fingerprint density at radius 3 is 2.79 bits per heavy atom. The molecule has 3 heterocycles. The summed E-state index contributed by atoms with van der Waals surface area (Å²) in [6.07, 6.45) is 7.94. The molecule has 0 radical (unpaired) electrons. The minimum atomic E-state index is -0.0669. The molecule has 1 atom stereocenters. The van der Waals surface area contributed by atoms with Crippen LogP contribution >= 0.6 is 0 Å². The predicted molar refractivity (Wildman–Crippen MR) is 109 cm³/mol. The molecule has 0 bridgehead atoms. The average molecular weight is 376 g/mol. The minimum Gasteiger partial charge on any atom is -0.356 e. The average Bonchev–Trinajstić information content (AvgIpc) is 3.29. The largest absolute Gasteiger partial charge is 0.356 e. The maximum Gasteiger partial charge on any atom is 0.229 e. The number of piperidine rings is 1. The maximum absolute atomic E-state index is 12.8. The quantitative estimate of drug-likeness (QED) is 0.741. The van der Waals surface area contributed by atoms with Gasteiger partial charge >= 0.3 is 0 Å². The third-order valence-corrected chi connectivity index (χ3v) is 5.12. The molecule has 2 aromatic heterocycles. The van der Waals surface area contributed by atoms with Crippen molar-refractivity contribution in [2.75, 3.05) is 23.3 Å². The SMILES string of the molecule is CCc1ccc(NC(=O)C2CCCN(c3cc(-n4cccn4)ncn3)C2)cc1. The van der Waals surface area contributed by atoms with Crippen LogP contribution in [-0.2, 0) is 11.2 Å². The van der Waals surface area contributed by atoms with Crippen molar-refractivity contribution in [3.63, 3.8) is 0 Å². The zero-order valence-corrected chi connectivity index (χ0v) is 16.0. The number of nitrogens with zero attached hydrogens (tertiary/aromatic N) is 5. The van der Waals surface area contributed by atoms with E-state index in [1.807, 2.05) is 30.5 Å². The smallest absolute Gasteiger partial charge is 0.229 e. The number of nitrogens with one attached hydrogen (secondary N) is 1. The minimum absolute atomic E-state index is 0.0651. The van der Waals surface area contributed by atoms with Gasteiger partial charge in [0.05, 0.1) is 5.92 Å². The van der Waals surface area contributed by atoms with Crippen LogP contribution in [0, 0.1) is 5.92 Å². The second-order valence-electron chi connectivity index (χ2n) is 7.01. The number of hydrogen-bond acceptors (Lipinski definition) is 5. The van der Waals surface area contributed by atoms with Crippen molar-refractivity contribution in [1.29, 1.82) is 0 Å². The van der Waals surface area contributed by atoms with Gasteiger partial charge in [0, 0.05) is 37.2 Å². The molecular weight excluding hydrogens is 352 g/mol. The Kier molecular flexibility index (Phi) is 5.32. The topological polar surface area (TPSA) is 75.9 Å². The fourth-order valence-corrected chi connectivity index (χ4v) is 3.51. The summed E-state index contributed by atoms with van der Waals surface area (Å²) in [4.78, 5) is 23.6. The molecule has 1 aliphatic rings. The van der Waals surface area contributed by atoms with Crippen molar-refractivity contribution in [2.45, 2.75) is 26.2 Å². The van der Waals surface area contributed by atoms with Crippen LogP contribution in [0.2, 0.25) is 0 Å². The summed E-state index contributed by atoms with van der Waals surface area (Å²) in [6.45, 7) is 3.65. The highest BCUT2D eigenvalue weighted by atomic mass is 16.1. The van der Waals surface area contributed by atoms with Crippen LogP contribution in [0.15, 0.2) is 55.1 Å². The van der Waals surface area contributed by atoms with Crippen molar-refractivity contribution in [1.82, 2.24) is 19.7 Å². The number of carbonyl (C=O) groups excluding carboxylic acids is 1. The van der Waals surface area contributed by atoms with E-state index in [1.165, 1.54) is 5.56 Å². The molecule has 0 aliphatic carbocycles. The summed E-state index contributed by atoms with van der Waals surface area (Å²) < 4.78 is 1.71. The molecule has 1 aromatic carbocycles. The Hall–Kier alpha value is -3.22. The molecule has 28 heavy (non-hydrogen) atoms. The van der Waals surface area contributed by atoms with E-state index in [1.54, 1.807) is 17.2 Å². The summed E-state index contributed by atoms with van der Waals surface area (Å²) >= 11 is 0. The number of amides is 1. The Balaban J connectivity index is 1.44. The fraction of sp³-hybridized carbons (Fsp3) is 0.333. The van der Waals surface area contributed by atoms with Gasteiger partial charge in [-0.1, -0.05) is 19.1 Å². The van der Waals surface area contributed by atoms with Gasteiger partial charge in [0.2, 0.25) is 5.91 Å². The van der Waals surface area contributed by atoms with E-state index in [-0.39, 0.29) is 11.8 Å². The molecule has 0 saturated carbocycles. The van der Waals surface area contributed by atoms with E-state index in [2.05, 4.69) is 44.3 Å². The number of benzene rings is 1. The Morgan fingerprint density at radius 1 is 1.21 bits per heavy atom. The molecule has 1 saturated heterocycles. The highest BCUT2D eigenvalue weighted by molar-refractivity contribution is 5.93. The fourth-order valence-electron chi connectivity index (χ4n) is 3.51. The van der Waals surface area contributed by atoms with Gasteiger partial charge in [-0.15, -0.1) is 0 Å². The first-order chi connectivity index (χ1) is 13.7. The van der Waals surface area contributed by atoms with Crippen LogP contribution in [0.3, 0.4) is 0 Å². The second kappa shape index (κ2) is 8.21. The standard InChI is InChI=1S/C21H24N6O/c1-2-16-6-8-18(9-7-16)25-21(28)17-5-3-11-26(14-17)19-13-20(23-15-22-19)27-12-4-10-24-27/h4,6-10,12-13,15,17H,2-3,5,11,14H2,1H3,(H,25,28). The lowest BCUT2D eigenvalue weighted by Gasteiger charge is -2.32. The number of hydrogen-bond donors (Lipinski definition) is 1. The summed E-state index contributed by atoms with van der Waals surface area (Å²) in [5.41, 5.74) is 2.11. The normalized spacial score (nSPS) is 16.8. The van der Waals surface area contributed by atoms with Gasteiger partial charge in [-0.25, -0.2) is 14.6 Å². The maximum atomic E-state index is 12.8. The van der Waals surface area contributed by atoms with Crippen LogP contribution < -0.4 is 10.2 Å². The highest BCUT2D eigenvalue weighted by Crippen LogP contribution is 2.24. The van der Waals surface area contributed by atoms with E-state index >= 15 is 0 Å². The van der Waals surface area contributed by atoms with E-state index < -0.39 is 0 Å². The molecule has 1 aliphatic heterocycles. The number of carbonyl (C=O) groups is 1. The van der Waals surface area contributed by atoms with Gasteiger partial charge in [0.15, 0.2) is 5.82 Å². The Morgan fingerprint density at radius 2 is 2.04 bits per heavy atom. The summed E-state index contributed by atoms with van der Waals surface area (Å²) in [5, 5.41) is 7.28. The zero-order valence-electron chi connectivity index (χ0n) is 16.0. The highest BCUT2D eigenvalue weighted by Gasteiger charge is 2.27. The first-order valence-electron chi connectivity index (χ1n) is 9.70. The van der Waals surface area contributed by atoms with Crippen LogP contribution in [0.1, 0.15) is 25.3 Å². The van der Waals surface area contributed by atoms with E-state index in [0.717, 1.165) is 43.1 Å². The van der Waals surface area contributed by atoms with Gasteiger partial charge in [-0.05, 0) is 43.0 Å². The second-order valence-corrected chi connectivity index (χ2v) is 7.01. The van der Waals surface area contributed by atoms with Gasteiger partial charge in [-0.2, -0.15) is 5.10 Å². The monoisotopic (exact) mass is 376 g/mol. The third-order valence-electron chi connectivity index (χ3n) is 5.12. The molecular formula is C21H24N6O. The molecule has 4 rings (SSSR count). The molecule has 1 fully saturated rings. The molecule has 7 nitrogen and oxygen atoms in total. The van der Waals surface area contributed by atoms with Gasteiger partial charge in [-0.3, -0.25) is 4.79 Å². The number of rotatable bonds is 5. The van der Waals surface area contributed by atoms with Crippen LogP contribution in [0.4, 0.5) is 11.5 Å². The number of anilines is 2. The lowest BCUT2D eigenvalue weighted by atomic mass is 9.97. The van der Waals surface area contributed by atoms with E-state index in [9.17, 15) is 4.79 Å². The molecule has 1 amide bonds. The molecule has 1 N–H and O–H groups in total. The van der Waals surface area contributed by atoms with Crippen molar-refractivity contribution < 1.29 is 4.79 Å². The summed E-state index contributed by atoms with van der Waals surface area (Å²) in [5.74, 6) is 1.54. The number of aryl methyl sites for hydroxylation is 1. The Labute approximate surface area is 164 Å². The first-order valence-corrected chi connectivity index (χ1v) is 9.70. The first kappa shape index (κ1) is 18.2. The van der Waals surface area contributed by atoms with Crippen LogP contribution in [0.25, 0.3) is 5.82 Å². The van der Waals surface area contributed by atoms with Gasteiger partial charge < -0.3 is 10.2 Å². The van der Waals surface area contributed by atoms with Gasteiger partial charge in [0.1, 0.15) is 12.1 Å². The lowest BCUT2D eigenvalue weighted by molar-refractivity contribution is -0.120. The van der Waals surface area contributed by atoms with Crippen molar-refractivity contribution in [2.24, 2.45) is 5.92 Å². The van der Waals surface area contributed by atoms with Crippen LogP contribution in [-0.4, -0.2) is 38.7 Å². The summed E-state index contributed by atoms with van der Waals surface area (Å²) in [6, 6.07) is 11.8. The van der Waals surface area contributed by atoms with Crippen molar-refractivity contribution >= 4 is 17.4 Å². The van der Waals surface area contributed by atoms with E-state index in [4.69, 9.17) is 0 Å². The molecule has 144 valence electrons.